The SMILES string of the molecule is CC(C)(C)OC(=O)N1[C@@H]2CC[C@H]1CN(c1nc(OCC34CCCN3C(CO)CC4)nc3c(F)c(Br)c(F)cc13)C2. The summed E-state index contributed by atoms with van der Waals surface area (Å²) in [6.45, 7) is 7.80. The number of hydrogen-bond acceptors (Lipinski definition) is 8. The molecule has 0 aliphatic carbocycles. The van der Waals surface area contributed by atoms with Crippen molar-refractivity contribution in [2.24, 2.45) is 0 Å². The number of ether oxygens (including phenoxy) is 2. The van der Waals surface area contributed by atoms with E-state index in [1.54, 1.807) is 0 Å². The third-order valence-corrected chi connectivity index (χ3v) is 9.61. The molecular formula is C28H36BrF2N5O4. The molecule has 6 rings (SSSR count). The lowest BCUT2D eigenvalue weighted by Gasteiger charge is -2.42. The maximum atomic E-state index is 15.4. The topological polar surface area (TPSA) is 91.3 Å². The maximum absolute atomic E-state index is 15.4. The van der Waals surface area contributed by atoms with E-state index in [-0.39, 0.29) is 57.8 Å². The second-order valence-corrected chi connectivity index (χ2v) is 13.4. The third kappa shape index (κ3) is 4.79. The number of aliphatic hydroxyl groups excluding tert-OH is 1. The number of anilines is 1. The first kappa shape index (κ1) is 27.8. The Labute approximate surface area is 240 Å². The summed E-state index contributed by atoms with van der Waals surface area (Å²) in [5, 5.41) is 10.1. The average molecular weight is 625 g/mol. The van der Waals surface area contributed by atoms with Crippen LogP contribution in [0.3, 0.4) is 0 Å². The van der Waals surface area contributed by atoms with Gasteiger partial charge in [0, 0.05) is 24.5 Å². The second-order valence-electron chi connectivity index (χ2n) is 12.6. The van der Waals surface area contributed by atoms with E-state index >= 15 is 4.39 Å². The molecule has 0 spiro atoms. The third-order valence-electron chi connectivity index (χ3n) is 8.89. The van der Waals surface area contributed by atoms with Gasteiger partial charge in [-0.2, -0.15) is 9.97 Å². The van der Waals surface area contributed by atoms with Crippen LogP contribution in [0.5, 0.6) is 6.01 Å². The van der Waals surface area contributed by atoms with Crippen LogP contribution in [0.2, 0.25) is 0 Å². The van der Waals surface area contributed by atoms with Gasteiger partial charge in [0.25, 0.3) is 0 Å². The van der Waals surface area contributed by atoms with Crippen molar-refractivity contribution in [2.75, 3.05) is 37.7 Å². The predicted molar refractivity (Wildman–Crippen MR) is 149 cm³/mol. The van der Waals surface area contributed by atoms with Crippen LogP contribution in [0.25, 0.3) is 10.9 Å². The van der Waals surface area contributed by atoms with Gasteiger partial charge in [-0.05, 0) is 87.8 Å². The number of halogens is 3. The van der Waals surface area contributed by atoms with Crippen LogP contribution in [0, 0.1) is 11.6 Å². The van der Waals surface area contributed by atoms with Gasteiger partial charge in [0.05, 0.1) is 28.7 Å². The first-order valence-electron chi connectivity index (χ1n) is 14.1. The number of amides is 1. The number of piperazine rings is 1. The molecule has 5 heterocycles. The zero-order valence-electron chi connectivity index (χ0n) is 23.1. The van der Waals surface area contributed by atoms with Crippen molar-refractivity contribution in [2.45, 2.75) is 88.6 Å². The van der Waals surface area contributed by atoms with Gasteiger partial charge in [0.2, 0.25) is 0 Å². The summed E-state index contributed by atoms with van der Waals surface area (Å²) in [6.07, 6.45) is 5.06. The molecule has 0 saturated carbocycles. The molecule has 4 aliphatic heterocycles. The fraction of sp³-hybridized carbons (Fsp3) is 0.679. The molecule has 40 heavy (non-hydrogen) atoms. The molecule has 4 fully saturated rings. The second kappa shape index (κ2) is 10.2. The minimum atomic E-state index is -0.805. The number of aliphatic hydroxyl groups is 1. The number of fused-ring (bicyclic) bond motifs is 4. The Kier molecular flexibility index (Phi) is 7.10. The lowest BCUT2D eigenvalue weighted by atomic mass is 9.95. The highest BCUT2D eigenvalue weighted by Crippen LogP contribution is 2.43. The van der Waals surface area contributed by atoms with Gasteiger partial charge in [0.1, 0.15) is 29.4 Å². The molecule has 4 aliphatic rings. The number of carbonyl (C=O) groups is 1. The zero-order valence-corrected chi connectivity index (χ0v) is 24.7. The normalized spacial score (nSPS) is 28.4. The fourth-order valence-electron chi connectivity index (χ4n) is 7.14. The van der Waals surface area contributed by atoms with E-state index in [9.17, 15) is 14.3 Å². The standard InChI is InChI=1S/C28H36BrF2N5O4/c1-27(2,3)40-26(38)36-16-5-6-17(36)13-34(12-16)24-19-11-20(30)21(29)22(31)23(19)32-25(33-24)39-15-28-8-4-10-35(28)18(14-37)7-9-28/h11,16-18,37H,4-10,12-15H2,1-3H3/t16-,17+,18?,28?. The Bertz CT molecular complexity index is 1310. The molecule has 9 nitrogen and oxygen atoms in total. The van der Waals surface area contributed by atoms with Crippen LogP contribution < -0.4 is 9.64 Å². The van der Waals surface area contributed by atoms with Crippen molar-refractivity contribution in [1.29, 1.82) is 0 Å². The lowest BCUT2D eigenvalue weighted by Crippen LogP contribution is -2.57. The van der Waals surface area contributed by atoms with Crippen molar-refractivity contribution in [3.8, 4) is 6.01 Å². The van der Waals surface area contributed by atoms with E-state index in [0.717, 1.165) is 45.1 Å². The Morgan fingerprint density at radius 1 is 1.18 bits per heavy atom. The van der Waals surface area contributed by atoms with Gasteiger partial charge in [-0.25, -0.2) is 13.6 Å². The van der Waals surface area contributed by atoms with Crippen LogP contribution in [0.4, 0.5) is 19.4 Å². The summed E-state index contributed by atoms with van der Waals surface area (Å²) in [5.74, 6) is -1.15. The Balaban J connectivity index is 1.31. The largest absolute Gasteiger partial charge is 0.461 e. The van der Waals surface area contributed by atoms with E-state index in [1.165, 1.54) is 6.07 Å². The van der Waals surface area contributed by atoms with Crippen molar-refractivity contribution < 1.29 is 28.2 Å². The van der Waals surface area contributed by atoms with E-state index in [0.29, 0.717) is 25.5 Å². The minimum Gasteiger partial charge on any atom is -0.461 e. The van der Waals surface area contributed by atoms with E-state index < -0.39 is 17.2 Å². The quantitative estimate of drug-likeness (QED) is 0.482. The molecular weight excluding hydrogens is 588 g/mol. The van der Waals surface area contributed by atoms with Crippen LogP contribution >= 0.6 is 15.9 Å². The van der Waals surface area contributed by atoms with Crippen LogP contribution in [0.1, 0.15) is 59.3 Å². The summed E-state index contributed by atoms with van der Waals surface area (Å²) in [6, 6.07) is 1.20. The molecule has 4 saturated heterocycles. The number of rotatable bonds is 5. The summed E-state index contributed by atoms with van der Waals surface area (Å²) >= 11 is 3.01. The van der Waals surface area contributed by atoms with Crippen molar-refractivity contribution in [3.63, 3.8) is 0 Å². The van der Waals surface area contributed by atoms with Gasteiger partial charge in [-0.1, -0.05) is 0 Å². The summed E-state index contributed by atoms with van der Waals surface area (Å²) in [7, 11) is 0. The molecule has 4 atom stereocenters. The monoisotopic (exact) mass is 623 g/mol. The maximum Gasteiger partial charge on any atom is 0.410 e. The van der Waals surface area contributed by atoms with E-state index in [2.05, 4.69) is 25.8 Å². The van der Waals surface area contributed by atoms with E-state index in [4.69, 9.17) is 14.5 Å². The highest BCUT2D eigenvalue weighted by Gasteiger charge is 2.50. The van der Waals surface area contributed by atoms with Gasteiger partial charge in [0.15, 0.2) is 5.82 Å². The number of benzene rings is 1. The van der Waals surface area contributed by atoms with Crippen LogP contribution in [-0.4, -0.2) is 93.1 Å². The molecule has 12 heteroatoms. The molecule has 1 amide bonds. The molecule has 2 aromatic rings. The average Bonchev–Trinajstić information content (AvgIpc) is 3.54. The number of nitrogens with zero attached hydrogens (tertiary/aromatic N) is 5. The Morgan fingerprint density at radius 2 is 1.90 bits per heavy atom. The number of aromatic nitrogens is 2. The first-order valence-corrected chi connectivity index (χ1v) is 14.9. The molecule has 0 radical (unpaired) electrons. The van der Waals surface area contributed by atoms with Gasteiger partial charge in [-0.15, -0.1) is 0 Å². The molecule has 1 aromatic heterocycles. The Hall–Kier alpha value is -2.31. The highest BCUT2D eigenvalue weighted by molar-refractivity contribution is 9.10. The van der Waals surface area contributed by atoms with Gasteiger partial charge >= 0.3 is 12.1 Å². The first-order chi connectivity index (χ1) is 19.0. The smallest absolute Gasteiger partial charge is 0.410 e. The lowest BCUT2D eigenvalue weighted by molar-refractivity contribution is 0.0122. The highest BCUT2D eigenvalue weighted by atomic mass is 79.9. The molecule has 1 aromatic carbocycles. The fourth-order valence-corrected chi connectivity index (χ4v) is 7.44. The van der Waals surface area contributed by atoms with Crippen molar-refractivity contribution in [3.05, 3.63) is 22.2 Å². The van der Waals surface area contributed by atoms with Crippen LogP contribution in [0.15, 0.2) is 10.5 Å². The minimum absolute atomic E-state index is 0.0179. The van der Waals surface area contributed by atoms with Crippen molar-refractivity contribution in [1.82, 2.24) is 19.8 Å². The van der Waals surface area contributed by atoms with E-state index in [1.807, 2.05) is 30.6 Å². The summed E-state index contributed by atoms with van der Waals surface area (Å²) in [5.41, 5.74) is -0.821. The zero-order chi connectivity index (χ0) is 28.4. The number of hydrogen-bond donors (Lipinski definition) is 1. The number of carbonyl (C=O) groups excluding carboxylic acids is 1. The molecule has 1 N–H and O–H groups in total. The summed E-state index contributed by atoms with van der Waals surface area (Å²) in [4.78, 5) is 28.2. The Morgan fingerprint density at radius 3 is 2.58 bits per heavy atom. The predicted octanol–water partition coefficient (Wildman–Crippen LogP) is 4.63. The molecule has 2 bridgehead atoms. The van der Waals surface area contributed by atoms with Crippen LogP contribution in [-0.2, 0) is 4.74 Å². The summed E-state index contributed by atoms with van der Waals surface area (Å²) < 4.78 is 41.7. The van der Waals surface area contributed by atoms with Gasteiger partial charge in [-0.3, -0.25) is 9.80 Å². The van der Waals surface area contributed by atoms with Gasteiger partial charge < -0.3 is 19.5 Å². The molecule has 218 valence electrons. The molecule has 2 unspecified atom stereocenters. The van der Waals surface area contributed by atoms with Crippen molar-refractivity contribution >= 4 is 38.7 Å².